The Hall–Kier alpha value is -3.33. The molecule has 9 heteroatoms. The van der Waals surface area contributed by atoms with Gasteiger partial charge in [0, 0.05) is 18.0 Å². The minimum atomic E-state index is -1.57. The number of rotatable bonds is 4. The number of thiazole rings is 1. The maximum absolute atomic E-state index is 13.2. The molecule has 1 amide bonds. The van der Waals surface area contributed by atoms with Crippen molar-refractivity contribution in [1.29, 1.82) is 0 Å². The maximum Gasteiger partial charge on any atom is 0.267 e. The first kappa shape index (κ1) is 18.1. The number of guanidine groups is 1. The van der Waals surface area contributed by atoms with Crippen LogP contribution in [0.3, 0.4) is 0 Å². The lowest BCUT2D eigenvalue weighted by molar-refractivity contribution is -0.129. The molecule has 1 aliphatic heterocycles. The van der Waals surface area contributed by atoms with Crippen molar-refractivity contribution < 1.29 is 14.3 Å². The van der Waals surface area contributed by atoms with Gasteiger partial charge in [0.25, 0.3) is 5.91 Å². The third-order valence-corrected chi connectivity index (χ3v) is 5.26. The molecule has 3 N–H and O–H groups in total. The summed E-state index contributed by atoms with van der Waals surface area (Å²) in [5.41, 5.74) is 7.95. The first-order chi connectivity index (χ1) is 13.5. The molecule has 0 fully saturated rings. The zero-order chi connectivity index (χ0) is 19.9. The largest absolute Gasteiger partial charge is 0.507 e. The minimum Gasteiger partial charge on any atom is -0.507 e. The number of carbonyl (C=O) groups excluding carboxylic acids is 1. The zero-order valence-corrected chi connectivity index (χ0v) is 15.7. The summed E-state index contributed by atoms with van der Waals surface area (Å²) in [4.78, 5) is 27.4. The van der Waals surface area contributed by atoms with Crippen molar-refractivity contribution in [3.8, 4) is 17.0 Å². The second kappa shape index (κ2) is 6.68. The molecule has 0 saturated carbocycles. The summed E-state index contributed by atoms with van der Waals surface area (Å²) in [6, 6.07) is 9.47. The van der Waals surface area contributed by atoms with Crippen LogP contribution in [0.1, 0.15) is 17.0 Å². The van der Waals surface area contributed by atoms with E-state index in [0.717, 1.165) is 0 Å². The van der Waals surface area contributed by atoms with Crippen LogP contribution in [0.25, 0.3) is 11.3 Å². The lowest BCUT2D eigenvalue weighted by atomic mass is 9.84. The average Bonchev–Trinajstić information content (AvgIpc) is 3.32. The minimum absolute atomic E-state index is 0.0195. The number of likely N-dealkylation sites (N-methyl/N-ethyl adjacent to an activating group) is 1. The quantitative estimate of drug-likeness (QED) is 0.703. The van der Waals surface area contributed by atoms with Gasteiger partial charge in [-0.2, -0.15) is 0 Å². The number of phenols is 1. The van der Waals surface area contributed by atoms with E-state index in [1.165, 1.54) is 35.4 Å². The van der Waals surface area contributed by atoms with Crippen molar-refractivity contribution in [3.05, 3.63) is 64.2 Å². The molecule has 1 unspecified atom stereocenters. The number of phenolic OH excluding ortho intramolecular Hbond substituents is 1. The molecule has 3 aromatic rings. The molecule has 3 heterocycles. The highest BCUT2D eigenvalue weighted by Gasteiger charge is 2.51. The number of amides is 1. The number of nitrogens with zero attached hydrogens (tertiary/aromatic N) is 4. The van der Waals surface area contributed by atoms with Gasteiger partial charge in [0.1, 0.15) is 12.4 Å². The number of aromatic hydroxyl groups is 1. The third kappa shape index (κ3) is 2.63. The van der Waals surface area contributed by atoms with E-state index in [9.17, 15) is 14.3 Å². The summed E-state index contributed by atoms with van der Waals surface area (Å²) in [7, 11) is 1.52. The smallest absolute Gasteiger partial charge is 0.267 e. The number of benzene rings is 1. The van der Waals surface area contributed by atoms with Crippen LogP contribution < -0.4 is 5.73 Å². The van der Waals surface area contributed by atoms with Crippen molar-refractivity contribution in [2.75, 3.05) is 7.05 Å². The molecule has 142 valence electrons. The monoisotopic (exact) mass is 397 g/mol. The van der Waals surface area contributed by atoms with Crippen LogP contribution in [-0.4, -0.2) is 38.9 Å². The van der Waals surface area contributed by atoms with E-state index in [1.54, 1.807) is 35.2 Å². The van der Waals surface area contributed by atoms with E-state index < -0.39 is 18.1 Å². The van der Waals surface area contributed by atoms with Crippen LogP contribution >= 0.6 is 11.3 Å². The van der Waals surface area contributed by atoms with E-state index >= 15 is 0 Å². The van der Waals surface area contributed by atoms with E-state index in [2.05, 4.69) is 15.0 Å². The third-order valence-electron chi connectivity index (χ3n) is 4.68. The lowest BCUT2D eigenvalue weighted by Crippen LogP contribution is -2.41. The molecule has 2 aromatic heterocycles. The van der Waals surface area contributed by atoms with Gasteiger partial charge in [-0.25, -0.2) is 14.4 Å². The molecular weight excluding hydrogens is 381 g/mol. The van der Waals surface area contributed by atoms with Crippen molar-refractivity contribution in [1.82, 2.24) is 14.9 Å². The second-order valence-corrected chi connectivity index (χ2v) is 7.02. The van der Waals surface area contributed by atoms with Gasteiger partial charge in [-0.3, -0.25) is 14.7 Å². The summed E-state index contributed by atoms with van der Waals surface area (Å²) < 4.78 is 13.2. The van der Waals surface area contributed by atoms with Crippen molar-refractivity contribution in [3.63, 3.8) is 0 Å². The predicted molar refractivity (Wildman–Crippen MR) is 103 cm³/mol. The molecule has 4 rings (SSSR count). The Balaban J connectivity index is 1.98. The Morgan fingerprint density at radius 1 is 1.32 bits per heavy atom. The van der Waals surface area contributed by atoms with Crippen LogP contribution in [0.15, 0.2) is 52.3 Å². The standard InChI is InChI=1S/C19H16FN5O2S/c1-25-17(27)19(24-18(25)21,16-4-2-3-12(8-20)23-16)11-5-6-15(26)13(7-11)14-9-28-10-22-14/h2-7,9-10,26H,8H2,1H3,(H2,21,24). The number of carbonyl (C=O) groups is 1. The molecular formula is C19H16FN5O2S. The highest BCUT2D eigenvalue weighted by atomic mass is 32.1. The molecule has 0 radical (unpaired) electrons. The number of halogens is 1. The van der Waals surface area contributed by atoms with Gasteiger partial charge < -0.3 is 10.8 Å². The zero-order valence-electron chi connectivity index (χ0n) is 14.8. The number of pyridine rings is 1. The summed E-state index contributed by atoms with van der Waals surface area (Å²) in [6.45, 7) is -0.771. The Morgan fingerprint density at radius 2 is 2.14 bits per heavy atom. The number of alkyl halides is 1. The summed E-state index contributed by atoms with van der Waals surface area (Å²) in [5.74, 6) is -0.366. The van der Waals surface area contributed by atoms with E-state index in [1.807, 2.05) is 0 Å². The molecule has 1 aromatic carbocycles. The van der Waals surface area contributed by atoms with Gasteiger partial charge in [-0.15, -0.1) is 11.3 Å². The van der Waals surface area contributed by atoms with Crippen LogP contribution in [0.5, 0.6) is 5.75 Å². The fraction of sp³-hybridized carbons (Fsp3) is 0.158. The average molecular weight is 397 g/mol. The Bertz CT molecular complexity index is 1090. The second-order valence-electron chi connectivity index (χ2n) is 6.30. The summed E-state index contributed by atoms with van der Waals surface area (Å²) in [6.07, 6.45) is 0. The maximum atomic E-state index is 13.2. The van der Waals surface area contributed by atoms with Crippen LogP contribution in [0, 0.1) is 0 Å². The molecule has 7 nitrogen and oxygen atoms in total. The number of aromatic nitrogens is 2. The van der Waals surface area contributed by atoms with Crippen LogP contribution in [0.4, 0.5) is 4.39 Å². The Morgan fingerprint density at radius 3 is 2.79 bits per heavy atom. The summed E-state index contributed by atoms with van der Waals surface area (Å²) in [5, 5.41) is 12.1. The van der Waals surface area contributed by atoms with Crippen LogP contribution in [0.2, 0.25) is 0 Å². The first-order valence-corrected chi connectivity index (χ1v) is 9.29. The van der Waals surface area contributed by atoms with Gasteiger partial charge >= 0.3 is 0 Å². The Labute approximate surface area is 164 Å². The SMILES string of the molecule is CN1C(=O)C(c2ccc(O)c(-c3cscn3)c2)(c2cccc(CF)n2)N=C1N. The van der Waals surface area contributed by atoms with Crippen molar-refractivity contribution in [2.45, 2.75) is 12.2 Å². The normalized spacial score (nSPS) is 19.1. The molecule has 28 heavy (non-hydrogen) atoms. The molecule has 0 bridgehead atoms. The van der Waals surface area contributed by atoms with E-state index in [-0.39, 0.29) is 23.1 Å². The van der Waals surface area contributed by atoms with Gasteiger partial charge in [0.2, 0.25) is 5.54 Å². The van der Waals surface area contributed by atoms with E-state index in [4.69, 9.17) is 5.73 Å². The van der Waals surface area contributed by atoms with Gasteiger partial charge in [0.05, 0.1) is 22.6 Å². The number of nitrogens with two attached hydrogens (primary N) is 1. The first-order valence-electron chi connectivity index (χ1n) is 8.35. The molecule has 0 saturated heterocycles. The van der Waals surface area contributed by atoms with Crippen molar-refractivity contribution >= 4 is 23.2 Å². The lowest BCUT2D eigenvalue weighted by Gasteiger charge is -2.26. The number of hydrogen-bond donors (Lipinski definition) is 2. The van der Waals surface area contributed by atoms with Gasteiger partial charge in [-0.05, 0) is 29.8 Å². The Kier molecular flexibility index (Phi) is 4.31. The fourth-order valence-electron chi connectivity index (χ4n) is 3.21. The molecule has 0 aliphatic carbocycles. The van der Waals surface area contributed by atoms with E-state index in [0.29, 0.717) is 16.8 Å². The summed E-state index contributed by atoms with van der Waals surface area (Å²) >= 11 is 1.38. The fourth-order valence-corrected chi connectivity index (χ4v) is 3.76. The van der Waals surface area contributed by atoms with Gasteiger partial charge in [-0.1, -0.05) is 12.1 Å². The van der Waals surface area contributed by atoms with Crippen LogP contribution in [-0.2, 0) is 17.0 Å². The van der Waals surface area contributed by atoms with Gasteiger partial charge in [0.15, 0.2) is 5.96 Å². The number of hydrogen-bond acceptors (Lipinski definition) is 7. The topological polar surface area (TPSA) is 105 Å². The molecule has 1 atom stereocenters. The predicted octanol–water partition coefficient (Wildman–Crippen LogP) is 2.41. The van der Waals surface area contributed by atoms with Crippen molar-refractivity contribution in [2.24, 2.45) is 10.7 Å². The number of aliphatic imine (C=N–C) groups is 1. The highest BCUT2D eigenvalue weighted by Crippen LogP contribution is 2.41. The molecule has 1 aliphatic rings. The highest BCUT2D eigenvalue weighted by molar-refractivity contribution is 7.07. The molecule has 0 spiro atoms.